The van der Waals surface area contributed by atoms with Crippen molar-refractivity contribution in [2.24, 2.45) is 0 Å². The van der Waals surface area contributed by atoms with Crippen LogP contribution in [-0.2, 0) is 29.2 Å². The lowest BCUT2D eigenvalue weighted by molar-refractivity contribution is 0.0523. The highest BCUT2D eigenvalue weighted by atomic mass is 32.2. The van der Waals surface area contributed by atoms with Crippen molar-refractivity contribution in [2.45, 2.75) is 44.4 Å². The van der Waals surface area contributed by atoms with Crippen LogP contribution in [0.3, 0.4) is 0 Å². The van der Waals surface area contributed by atoms with Gasteiger partial charge >= 0.3 is 12.1 Å². The molecule has 0 spiro atoms. The zero-order valence-corrected chi connectivity index (χ0v) is 24.1. The number of rotatable bonds is 9. The van der Waals surface area contributed by atoms with Gasteiger partial charge in [-0.1, -0.05) is 66.7 Å². The number of ether oxygens (including phenoxy) is 1. The quantitative estimate of drug-likeness (QED) is 0.165. The summed E-state index contributed by atoms with van der Waals surface area (Å²) in [6, 6.07) is 31.6. The Balaban J connectivity index is 1.27. The standard InChI is InChI=1S/C32H34N4O4S/c1-32(2,3)40-31(38)34-22-24-11-9-10-23(20-24)21-33-30(37)35-26-16-18-27(19-17-26)36-41(39)29-15-8-7-14-28(29)25-12-5-4-6-13-25/h4-20,36H,21-22H2,1-3H3,(H,34,38)(H2,33,35,37). The Bertz CT molecular complexity index is 1460. The number of amides is 3. The fourth-order valence-corrected chi connectivity index (χ4v) is 5.01. The molecular weight excluding hydrogens is 536 g/mol. The first-order valence-electron chi connectivity index (χ1n) is 13.2. The van der Waals surface area contributed by atoms with Crippen LogP contribution >= 0.6 is 0 Å². The summed E-state index contributed by atoms with van der Waals surface area (Å²) in [6.07, 6.45) is -0.482. The van der Waals surface area contributed by atoms with E-state index in [4.69, 9.17) is 4.74 Å². The lowest BCUT2D eigenvalue weighted by Gasteiger charge is -2.19. The van der Waals surface area contributed by atoms with Gasteiger partial charge in [0.15, 0.2) is 4.90 Å². The molecule has 4 aromatic carbocycles. The first kappa shape index (κ1) is 29.5. The molecule has 9 heteroatoms. The van der Waals surface area contributed by atoms with E-state index in [1.807, 2.05) is 99.6 Å². The van der Waals surface area contributed by atoms with Crippen LogP contribution in [0, 0.1) is 0 Å². The SMILES string of the molecule is CC(C)(C)OC(=O)NCc1cccc(CNC(=O)Nc2ccc(N[S+]([O-])c3ccccc3-c3ccccc3)cc2)c1. The van der Waals surface area contributed by atoms with Crippen molar-refractivity contribution in [1.29, 1.82) is 0 Å². The summed E-state index contributed by atoms with van der Waals surface area (Å²) in [4.78, 5) is 25.1. The van der Waals surface area contributed by atoms with Crippen molar-refractivity contribution in [3.8, 4) is 11.1 Å². The minimum Gasteiger partial charge on any atom is -0.588 e. The summed E-state index contributed by atoms with van der Waals surface area (Å²) in [6.45, 7) is 6.06. The molecule has 1 unspecified atom stereocenters. The van der Waals surface area contributed by atoms with Gasteiger partial charge in [0.2, 0.25) is 0 Å². The van der Waals surface area contributed by atoms with Gasteiger partial charge in [0.1, 0.15) is 17.0 Å². The topological polar surface area (TPSA) is 115 Å². The largest absolute Gasteiger partial charge is 0.588 e. The molecule has 0 bridgehead atoms. The Hall–Kier alpha value is -4.47. The van der Waals surface area contributed by atoms with Gasteiger partial charge in [0.05, 0.1) is 5.69 Å². The van der Waals surface area contributed by atoms with Gasteiger partial charge in [-0.25, -0.2) is 14.3 Å². The van der Waals surface area contributed by atoms with Crippen LogP contribution in [0.1, 0.15) is 31.9 Å². The predicted octanol–water partition coefficient (Wildman–Crippen LogP) is 6.83. The molecule has 0 aliphatic carbocycles. The van der Waals surface area contributed by atoms with Crippen molar-refractivity contribution in [2.75, 3.05) is 10.0 Å². The van der Waals surface area contributed by atoms with Crippen LogP contribution < -0.4 is 20.7 Å². The average Bonchev–Trinajstić information content (AvgIpc) is 2.96. The highest BCUT2D eigenvalue weighted by Gasteiger charge is 2.18. The van der Waals surface area contributed by atoms with E-state index in [2.05, 4.69) is 20.7 Å². The molecule has 41 heavy (non-hydrogen) atoms. The Morgan fingerprint density at radius 1 is 0.756 bits per heavy atom. The molecule has 0 aliphatic rings. The molecule has 0 aliphatic heterocycles. The van der Waals surface area contributed by atoms with E-state index in [0.29, 0.717) is 29.4 Å². The van der Waals surface area contributed by atoms with E-state index in [1.165, 1.54) is 0 Å². The van der Waals surface area contributed by atoms with Gasteiger partial charge in [-0.2, -0.15) is 0 Å². The molecule has 0 radical (unpaired) electrons. The van der Waals surface area contributed by atoms with Gasteiger partial charge in [-0.05, 0) is 73.9 Å². The van der Waals surface area contributed by atoms with E-state index >= 15 is 0 Å². The molecular formula is C32H34N4O4S. The molecule has 8 nitrogen and oxygen atoms in total. The van der Waals surface area contributed by atoms with Crippen LogP contribution in [0.25, 0.3) is 11.1 Å². The number of anilines is 2. The van der Waals surface area contributed by atoms with Crippen molar-refractivity contribution >= 4 is 34.9 Å². The predicted molar refractivity (Wildman–Crippen MR) is 164 cm³/mol. The summed E-state index contributed by atoms with van der Waals surface area (Å²) in [5.74, 6) is 0. The molecule has 0 saturated carbocycles. The van der Waals surface area contributed by atoms with E-state index in [9.17, 15) is 14.1 Å². The van der Waals surface area contributed by atoms with Crippen LogP contribution in [-0.4, -0.2) is 22.3 Å². The second-order valence-electron chi connectivity index (χ2n) is 10.3. The third-order valence-corrected chi connectivity index (χ3v) is 6.98. The second kappa shape index (κ2) is 13.7. The molecule has 0 fully saturated rings. The number of benzene rings is 4. The van der Waals surface area contributed by atoms with Gasteiger partial charge in [-0.3, -0.25) is 0 Å². The third-order valence-electron chi connectivity index (χ3n) is 5.81. The summed E-state index contributed by atoms with van der Waals surface area (Å²) < 4.78 is 21.4. The van der Waals surface area contributed by atoms with E-state index in [-0.39, 0.29) is 6.03 Å². The maximum absolute atomic E-state index is 13.1. The molecule has 4 N–H and O–H groups in total. The number of hydrogen-bond acceptors (Lipinski definition) is 5. The molecule has 4 rings (SSSR count). The Morgan fingerprint density at radius 3 is 2.05 bits per heavy atom. The van der Waals surface area contributed by atoms with Crippen molar-refractivity contribution in [3.05, 3.63) is 114 Å². The molecule has 4 aromatic rings. The summed E-state index contributed by atoms with van der Waals surface area (Å²) in [5.41, 5.74) is 4.37. The van der Waals surface area contributed by atoms with Crippen molar-refractivity contribution in [1.82, 2.24) is 10.6 Å². The van der Waals surface area contributed by atoms with Crippen molar-refractivity contribution < 1.29 is 18.9 Å². The molecule has 1 atom stereocenters. The van der Waals surface area contributed by atoms with Gasteiger partial charge in [0, 0.05) is 24.3 Å². The van der Waals surface area contributed by atoms with Crippen LogP contribution in [0.2, 0.25) is 0 Å². The first-order chi connectivity index (χ1) is 19.7. The number of carbonyl (C=O) groups excluding carboxylic acids is 2. The third kappa shape index (κ3) is 9.30. The second-order valence-corrected chi connectivity index (χ2v) is 11.5. The van der Waals surface area contributed by atoms with E-state index in [1.54, 1.807) is 24.3 Å². The average molecular weight is 571 g/mol. The zero-order valence-electron chi connectivity index (χ0n) is 23.3. The lowest BCUT2D eigenvalue weighted by Crippen LogP contribution is -2.32. The summed E-state index contributed by atoms with van der Waals surface area (Å²) >= 11 is -1.48. The molecule has 0 heterocycles. The maximum atomic E-state index is 13.1. The number of urea groups is 1. The highest BCUT2D eigenvalue weighted by Crippen LogP contribution is 2.28. The fourth-order valence-electron chi connectivity index (χ4n) is 3.96. The zero-order chi connectivity index (χ0) is 29.2. The van der Waals surface area contributed by atoms with E-state index in [0.717, 1.165) is 22.3 Å². The number of nitrogens with one attached hydrogen (secondary N) is 4. The number of alkyl carbamates (subject to hydrolysis) is 1. The van der Waals surface area contributed by atoms with Gasteiger partial charge in [-0.15, -0.1) is 0 Å². The first-order valence-corrected chi connectivity index (χ1v) is 14.3. The van der Waals surface area contributed by atoms with Crippen LogP contribution in [0.4, 0.5) is 21.0 Å². The van der Waals surface area contributed by atoms with Crippen LogP contribution in [0.15, 0.2) is 108 Å². The maximum Gasteiger partial charge on any atom is 0.407 e. The van der Waals surface area contributed by atoms with E-state index < -0.39 is 23.1 Å². The molecule has 0 saturated heterocycles. The minimum absolute atomic E-state index is 0.311. The Kier molecular flexibility index (Phi) is 9.89. The lowest BCUT2D eigenvalue weighted by atomic mass is 10.1. The van der Waals surface area contributed by atoms with Crippen molar-refractivity contribution in [3.63, 3.8) is 0 Å². The smallest absolute Gasteiger partial charge is 0.407 e. The monoisotopic (exact) mass is 570 g/mol. The number of hydrogen-bond donors (Lipinski definition) is 4. The Labute approximate surface area is 243 Å². The number of carbonyl (C=O) groups is 2. The minimum atomic E-state index is -1.48. The fraction of sp³-hybridized carbons (Fsp3) is 0.188. The summed E-state index contributed by atoms with van der Waals surface area (Å²) in [5, 5.41) is 8.37. The van der Waals surface area contributed by atoms with Crippen LogP contribution in [0.5, 0.6) is 0 Å². The van der Waals surface area contributed by atoms with Gasteiger partial charge < -0.3 is 25.2 Å². The molecule has 0 aromatic heterocycles. The highest BCUT2D eigenvalue weighted by molar-refractivity contribution is 7.92. The summed E-state index contributed by atoms with van der Waals surface area (Å²) in [7, 11) is 0. The molecule has 3 amide bonds. The van der Waals surface area contributed by atoms with Gasteiger partial charge in [0.25, 0.3) is 0 Å². The molecule has 212 valence electrons. The Morgan fingerprint density at radius 2 is 1.37 bits per heavy atom. The normalized spacial score (nSPS) is 11.7.